The van der Waals surface area contributed by atoms with E-state index in [1.54, 1.807) is 20.5 Å². The van der Waals surface area contributed by atoms with Crippen molar-refractivity contribution >= 4 is 0 Å². The van der Waals surface area contributed by atoms with Gasteiger partial charge in [0.2, 0.25) is 5.88 Å². The maximum absolute atomic E-state index is 5.44. The van der Waals surface area contributed by atoms with Gasteiger partial charge in [0.25, 0.3) is 0 Å². The van der Waals surface area contributed by atoms with Crippen LogP contribution in [0.5, 0.6) is 11.6 Å². The Hall–Kier alpha value is -1.97. The van der Waals surface area contributed by atoms with Gasteiger partial charge in [0.05, 0.1) is 26.1 Å². The SMILES string of the molecule is COc1cn(-c2ccc(C(C)C)cc2OC)cn1. The van der Waals surface area contributed by atoms with Crippen molar-refractivity contribution in [1.82, 2.24) is 9.55 Å². The van der Waals surface area contributed by atoms with Crippen LogP contribution in [0, 0.1) is 0 Å². The predicted octanol–water partition coefficient (Wildman–Crippen LogP) is 3.01. The number of ether oxygens (including phenoxy) is 2. The Morgan fingerprint density at radius 3 is 2.50 bits per heavy atom. The summed E-state index contributed by atoms with van der Waals surface area (Å²) < 4.78 is 12.4. The highest BCUT2D eigenvalue weighted by Gasteiger charge is 2.09. The van der Waals surface area contributed by atoms with Gasteiger partial charge in [-0.05, 0) is 23.6 Å². The van der Waals surface area contributed by atoms with Crippen LogP contribution in [-0.4, -0.2) is 23.8 Å². The van der Waals surface area contributed by atoms with Gasteiger partial charge >= 0.3 is 0 Å². The minimum atomic E-state index is 0.477. The number of rotatable bonds is 4. The molecule has 0 aliphatic carbocycles. The van der Waals surface area contributed by atoms with E-state index in [0.717, 1.165) is 11.4 Å². The molecule has 0 saturated heterocycles. The molecule has 2 aromatic rings. The van der Waals surface area contributed by atoms with Gasteiger partial charge < -0.3 is 9.47 Å². The Morgan fingerprint density at radius 2 is 1.94 bits per heavy atom. The predicted molar refractivity (Wildman–Crippen MR) is 70.8 cm³/mol. The monoisotopic (exact) mass is 246 g/mol. The average molecular weight is 246 g/mol. The van der Waals surface area contributed by atoms with Crippen LogP contribution in [0.2, 0.25) is 0 Å². The molecule has 0 fully saturated rings. The topological polar surface area (TPSA) is 36.3 Å². The van der Waals surface area contributed by atoms with Crippen LogP contribution in [0.4, 0.5) is 0 Å². The van der Waals surface area contributed by atoms with Crippen molar-refractivity contribution in [2.45, 2.75) is 19.8 Å². The van der Waals surface area contributed by atoms with Gasteiger partial charge in [0, 0.05) is 0 Å². The first-order chi connectivity index (χ1) is 8.65. The zero-order valence-corrected chi connectivity index (χ0v) is 11.2. The zero-order valence-electron chi connectivity index (χ0n) is 11.2. The fourth-order valence-corrected chi connectivity index (χ4v) is 1.81. The van der Waals surface area contributed by atoms with Crippen LogP contribution >= 0.6 is 0 Å². The molecule has 0 N–H and O–H groups in total. The number of imidazole rings is 1. The van der Waals surface area contributed by atoms with Gasteiger partial charge in [0.1, 0.15) is 12.1 Å². The summed E-state index contributed by atoms with van der Waals surface area (Å²) in [6.45, 7) is 4.32. The van der Waals surface area contributed by atoms with Crippen LogP contribution in [0.25, 0.3) is 5.69 Å². The molecule has 96 valence electrons. The van der Waals surface area contributed by atoms with Gasteiger partial charge in [-0.1, -0.05) is 19.9 Å². The second-order valence-corrected chi connectivity index (χ2v) is 4.41. The van der Waals surface area contributed by atoms with Crippen molar-refractivity contribution < 1.29 is 9.47 Å². The van der Waals surface area contributed by atoms with Crippen molar-refractivity contribution in [3.05, 3.63) is 36.3 Å². The van der Waals surface area contributed by atoms with E-state index in [1.165, 1.54) is 5.56 Å². The second kappa shape index (κ2) is 5.12. The van der Waals surface area contributed by atoms with E-state index in [2.05, 4.69) is 31.0 Å². The number of nitrogens with zero attached hydrogens (tertiary/aromatic N) is 2. The molecule has 1 heterocycles. The molecule has 0 atom stereocenters. The Balaban J connectivity index is 2.44. The third-order valence-electron chi connectivity index (χ3n) is 2.92. The van der Waals surface area contributed by atoms with Crippen molar-refractivity contribution in [3.63, 3.8) is 0 Å². The Morgan fingerprint density at radius 1 is 1.17 bits per heavy atom. The lowest BCUT2D eigenvalue weighted by atomic mass is 10.0. The fourth-order valence-electron chi connectivity index (χ4n) is 1.81. The number of hydrogen-bond acceptors (Lipinski definition) is 3. The van der Waals surface area contributed by atoms with E-state index in [0.29, 0.717) is 11.8 Å². The quantitative estimate of drug-likeness (QED) is 0.832. The molecule has 18 heavy (non-hydrogen) atoms. The second-order valence-electron chi connectivity index (χ2n) is 4.41. The van der Waals surface area contributed by atoms with E-state index in [-0.39, 0.29) is 0 Å². The van der Waals surface area contributed by atoms with E-state index in [1.807, 2.05) is 16.8 Å². The lowest BCUT2D eigenvalue weighted by Crippen LogP contribution is -1.98. The number of aromatic nitrogens is 2. The number of benzene rings is 1. The molecule has 1 aromatic carbocycles. The number of hydrogen-bond donors (Lipinski definition) is 0. The van der Waals surface area contributed by atoms with Gasteiger partial charge in [0.15, 0.2) is 0 Å². The minimum absolute atomic E-state index is 0.477. The molecule has 0 spiro atoms. The first-order valence-electron chi connectivity index (χ1n) is 5.92. The lowest BCUT2D eigenvalue weighted by Gasteiger charge is -2.12. The molecule has 4 heteroatoms. The molecule has 1 aromatic heterocycles. The third kappa shape index (κ3) is 2.32. The molecule has 0 bridgehead atoms. The van der Waals surface area contributed by atoms with Crippen LogP contribution < -0.4 is 9.47 Å². The highest BCUT2D eigenvalue weighted by Crippen LogP contribution is 2.28. The summed E-state index contributed by atoms with van der Waals surface area (Å²) in [5.74, 6) is 1.90. The standard InChI is InChI=1S/C14H18N2O2/c1-10(2)11-5-6-12(13(7-11)17-3)16-8-14(18-4)15-9-16/h5-10H,1-4H3. The van der Waals surface area contributed by atoms with Crippen molar-refractivity contribution in [1.29, 1.82) is 0 Å². The maximum Gasteiger partial charge on any atom is 0.231 e. The van der Waals surface area contributed by atoms with E-state index in [9.17, 15) is 0 Å². The van der Waals surface area contributed by atoms with E-state index >= 15 is 0 Å². The van der Waals surface area contributed by atoms with E-state index in [4.69, 9.17) is 9.47 Å². The smallest absolute Gasteiger partial charge is 0.231 e. The van der Waals surface area contributed by atoms with Crippen LogP contribution in [0.15, 0.2) is 30.7 Å². The Bertz CT molecular complexity index is 532. The van der Waals surface area contributed by atoms with Gasteiger partial charge in [-0.2, -0.15) is 0 Å². The summed E-state index contributed by atoms with van der Waals surface area (Å²) in [4.78, 5) is 4.13. The summed E-state index contributed by atoms with van der Waals surface area (Å²) in [5.41, 5.74) is 2.21. The largest absolute Gasteiger partial charge is 0.495 e. The van der Waals surface area contributed by atoms with E-state index < -0.39 is 0 Å². The molecule has 0 amide bonds. The molecule has 0 aliphatic heterocycles. The van der Waals surface area contributed by atoms with Crippen molar-refractivity contribution in [2.24, 2.45) is 0 Å². The van der Waals surface area contributed by atoms with Crippen LogP contribution in [0.3, 0.4) is 0 Å². The lowest BCUT2D eigenvalue weighted by molar-refractivity contribution is 0.399. The highest BCUT2D eigenvalue weighted by molar-refractivity contribution is 5.50. The normalized spacial score (nSPS) is 10.7. The minimum Gasteiger partial charge on any atom is -0.495 e. The molecule has 4 nitrogen and oxygen atoms in total. The summed E-state index contributed by atoms with van der Waals surface area (Å²) >= 11 is 0. The summed E-state index contributed by atoms with van der Waals surface area (Å²) in [7, 11) is 3.28. The van der Waals surface area contributed by atoms with Crippen molar-refractivity contribution in [2.75, 3.05) is 14.2 Å². The molecular weight excluding hydrogens is 228 g/mol. The van der Waals surface area contributed by atoms with Crippen LogP contribution in [0.1, 0.15) is 25.3 Å². The molecular formula is C14H18N2O2. The van der Waals surface area contributed by atoms with Gasteiger partial charge in [-0.15, -0.1) is 0 Å². The van der Waals surface area contributed by atoms with Gasteiger partial charge in [-0.25, -0.2) is 4.98 Å². The number of methoxy groups -OCH3 is 2. The van der Waals surface area contributed by atoms with Crippen LogP contribution in [-0.2, 0) is 0 Å². The first kappa shape index (κ1) is 12.5. The Labute approximate surface area is 107 Å². The summed E-state index contributed by atoms with van der Waals surface area (Å²) in [5, 5.41) is 0. The molecule has 2 rings (SSSR count). The molecule has 0 unspecified atom stereocenters. The Kier molecular flexibility index (Phi) is 3.55. The average Bonchev–Trinajstić information content (AvgIpc) is 2.86. The van der Waals surface area contributed by atoms with Gasteiger partial charge in [-0.3, -0.25) is 4.57 Å². The highest BCUT2D eigenvalue weighted by atomic mass is 16.5. The fraction of sp³-hybridized carbons (Fsp3) is 0.357. The molecule has 0 radical (unpaired) electrons. The molecule has 0 aliphatic rings. The first-order valence-corrected chi connectivity index (χ1v) is 5.92. The summed E-state index contributed by atoms with van der Waals surface area (Å²) in [6, 6.07) is 6.21. The summed E-state index contributed by atoms with van der Waals surface area (Å²) in [6.07, 6.45) is 3.54. The third-order valence-corrected chi connectivity index (χ3v) is 2.92. The zero-order chi connectivity index (χ0) is 13.1. The molecule has 0 saturated carbocycles. The van der Waals surface area contributed by atoms with Crippen molar-refractivity contribution in [3.8, 4) is 17.3 Å². The maximum atomic E-state index is 5.44.